The predicted octanol–water partition coefficient (Wildman–Crippen LogP) is 3.12. The number of amides is 1. The highest BCUT2D eigenvalue weighted by atomic mass is 35.5. The smallest absolute Gasteiger partial charge is 0.260 e. The molecule has 1 aromatic carbocycles. The number of ether oxygens (including phenoxy) is 1. The van der Waals surface area contributed by atoms with Gasteiger partial charge < -0.3 is 9.64 Å². The first-order valence-electron chi connectivity index (χ1n) is 6.56. The molecule has 0 saturated carbocycles. The van der Waals surface area contributed by atoms with Crippen LogP contribution < -0.4 is 4.74 Å². The maximum absolute atomic E-state index is 12.1. The molecule has 0 aliphatic rings. The van der Waals surface area contributed by atoms with Gasteiger partial charge in [-0.2, -0.15) is 5.26 Å². The molecule has 1 rings (SSSR count). The Morgan fingerprint density at radius 3 is 2.60 bits per heavy atom. The fourth-order valence-corrected chi connectivity index (χ4v) is 1.84. The normalized spacial score (nSPS) is 10.2. The molecule has 0 atom stereocenters. The van der Waals surface area contributed by atoms with E-state index in [1.807, 2.05) is 13.8 Å². The van der Waals surface area contributed by atoms with Crippen molar-refractivity contribution in [3.63, 3.8) is 0 Å². The number of rotatable bonds is 7. The number of halogens is 1. The fourth-order valence-electron chi connectivity index (χ4n) is 1.71. The minimum absolute atomic E-state index is 0.0280. The fraction of sp³-hybridized carbons (Fsp3) is 0.467. The first kappa shape index (κ1) is 16.3. The van der Waals surface area contributed by atoms with Gasteiger partial charge in [0.15, 0.2) is 6.61 Å². The molecular weight excluding hydrogens is 276 g/mol. The number of nitriles is 1. The molecule has 0 spiro atoms. The predicted molar refractivity (Wildman–Crippen MR) is 78.6 cm³/mol. The standard InChI is InChI=1S/C15H19ClN2O2/c1-12(2)10-18(9-3-8-17)15(19)11-20-14-6-4-13(16)5-7-14/h4-7,12H,3,9-11H2,1-2H3. The molecule has 1 amide bonds. The molecule has 0 radical (unpaired) electrons. The van der Waals surface area contributed by atoms with Crippen LogP contribution in [0.1, 0.15) is 20.3 Å². The van der Waals surface area contributed by atoms with Crippen LogP contribution in [0, 0.1) is 17.2 Å². The molecule has 0 saturated heterocycles. The van der Waals surface area contributed by atoms with Crippen LogP contribution in [0.5, 0.6) is 5.75 Å². The van der Waals surface area contributed by atoms with Gasteiger partial charge in [0.05, 0.1) is 12.5 Å². The summed E-state index contributed by atoms with van der Waals surface area (Å²) in [7, 11) is 0. The molecule has 5 heteroatoms. The second-order valence-electron chi connectivity index (χ2n) is 4.88. The average Bonchev–Trinajstić information content (AvgIpc) is 2.42. The van der Waals surface area contributed by atoms with Crippen molar-refractivity contribution < 1.29 is 9.53 Å². The number of benzene rings is 1. The minimum atomic E-state index is -0.107. The molecule has 4 nitrogen and oxygen atoms in total. The van der Waals surface area contributed by atoms with Crippen molar-refractivity contribution >= 4 is 17.5 Å². The lowest BCUT2D eigenvalue weighted by molar-refractivity contribution is -0.133. The molecule has 0 aliphatic carbocycles. The second kappa shape index (κ2) is 8.44. The first-order chi connectivity index (χ1) is 9.52. The number of nitrogens with zero attached hydrogens (tertiary/aromatic N) is 2. The quantitative estimate of drug-likeness (QED) is 0.776. The average molecular weight is 295 g/mol. The zero-order chi connectivity index (χ0) is 15.0. The van der Waals surface area contributed by atoms with Crippen LogP contribution in [0.15, 0.2) is 24.3 Å². The van der Waals surface area contributed by atoms with E-state index in [4.69, 9.17) is 21.6 Å². The second-order valence-corrected chi connectivity index (χ2v) is 5.32. The molecular formula is C15H19ClN2O2. The summed E-state index contributed by atoms with van der Waals surface area (Å²) in [4.78, 5) is 13.8. The third-order valence-electron chi connectivity index (χ3n) is 2.61. The summed E-state index contributed by atoms with van der Waals surface area (Å²) in [6, 6.07) is 8.92. The minimum Gasteiger partial charge on any atom is -0.484 e. The van der Waals surface area contributed by atoms with Gasteiger partial charge >= 0.3 is 0 Å². The van der Waals surface area contributed by atoms with Gasteiger partial charge in [-0.25, -0.2) is 0 Å². The Bertz CT molecular complexity index is 466. The highest BCUT2D eigenvalue weighted by Gasteiger charge is 2.15. The summed E-state index contributed by atoms with van der Waals surface area (Å²) >= 11 is 5.78. The molecule has 0 N–H and O–H groups in total. The van der Waals surface area contributed by atoms with E-state index in [0.29, 0.717) is 36.2 Å². The third kappa shape index (κ3) is 5.94. The van der Waals surface area contributed by atoms with Crippen molar-refractivity contribution in [1.82, 2.24) is 4.90 Å². The topological polar surface area (TPSA) is 53.3 Å². The van der Waals surface area contributed by atoms with Gasteiger partial charge in [0, 0.05) is 18.1 Å². The van der Waals surface area contributed by atoms with Gasteiger partial charge in [0.2, 0.25) is 0 Å². The Kier molecular flexibility index (Phi) is 6.89. The Labute approximate surface area is 124 Å². The molecule has 0 aromatic heterocycles. The number of hydrogen-bond acceptors (Lipinski definition) is 3. The summed E-state index contributed by atoms with van der Waals surface area (Å²) in [6.45, 7) is 5.11. The van der Waals surface area contributed by atoms with Crippen molar-refractivity contribution in [2.24, 2.45) is 5.92 Å². The van der Waals surface area contributed by atoms with Crippen LogP contribution in [0.3, 0.4) is 0 Å². The first-order valence-corrected chi connectivity index (χ1v) is 6.93. The van der Waals surface area contributed by atoms with Gasteiger partial charge in [0.25, 0.3) is 5.91 Å². The van der Waals surface area contributed by atoms with Gasteiger partial charge in [0.1, 0.15) is 5.75 Å². The van der Waals surface area contributed by atoms with Gasteiger partial charge in [-0.3, -0.25) is 4.79 Å². The molecule has 20 heavy (non-hydrogen) atoms. The van der Waals surface area contributed by atoms with Crippen LogP contribution in [-0.2, 0) is 4.79 Å². The Morgan fingerprint density at radius 1 is 1.40 bits per heavy atom. The number of carbonyl (C=O) groups is 1. The van der Waals surface area contributed by atoms with Crippen molar-refractivity contribution in [3.05, 3.63) is 29.3 Å². The van der Waals surface area contributed by atoms with E-state index in [0.717, 1.165) is 0 Å². The lowest BCUT2D eigenvalue weighted by Gasteiger charge is -2.23. The summed E-state index contributed by atoms with van der Waals surface area (Å²) < 4.78 is 5.43. The molecule has 0 unspecified atom stereocenters. The largest absolute Gasteiger partial charge is 0.484 e. The van der Waals surface area contributed by atoms with Gasteiger partial charge in [-0.05, 0) is 30.2 Å². The lowest BCUT2D eigenvalue weighted by Crippen LogP contribution is -2.38. The number of carbonyl (C=O) groups excluding carboxylic acids is 1. The highest BCUT2D eigenvalue weighted by molar-refractivity contribution is 6.30. The van der Waals surface area contributed by atoms with E-state index >= 15 is 0 Å². The van der Waals surface area contributed by atoms with Crippen LogP contribution in [0.4, 0.5) is 0 Å². The summed E-state index contributed by atoms with van der Waals surface area (Å²) in [5, 5.41) is 9.26. The van der Waals surface area contributed by atoms with E-state index in [9.17, 15) is 4.79 Å². The highest BCUT2D eigenvalue weighted by Crippen LogP contribution is 2.15. The van der Waals surface area contributed by atoms with Crippen molar-refractivity contribution in [2.75, 3.05) is 19.7 Å². The van der Waals surface area contributed by atoms with Crippen LogP contribution in [-0.4, -0.2) is 30.5 Å². The summed E-state index contributed by atoms with van der Waals surface area (Å²) in [6.07, 6.45) is 0.333. The monoisotopic (exact) mass is 294 g/mol. The summed E-state index contributed by atoms with van der Waals surface area (Å²) in [5.41, 5.74) is 0. The molecule has 1 aromatic rings. The molecule has 0 bridgehead atoms. The zero-order valence-electron chi connectivity index (χ0n) is 11.8. The van der Waals surface area contributed by atoms with E-state index in [-0.39, 0.29) is 12.5 Å². The van der Waals surface area contributed by atoms with E-state index in [1.54, 1.807) is 29.2 Å². The van der Waals surface area contributed by atoms with Crippen molar-refractivity contribution in [2.45, 2.75) is 20.3 Å². The van der Waals surface area contributed by atoms with Crippen LogP contribution in [0.2, 0.25) is 5.02 Å². The Hall–Kier alpha value is -1.73. The lowest BCUT2D eigenvalue weighted by atomic mass is 10.2. The van der Waals surface area contributed by atoms with Gasteiger partial charge in [-0.15, -0.1) is 0 Å². The van der Waals surface area contributed by atoms with Gasteiger partial charge in [-0.1, -0.05) is 25.4 Å². The molecule has 108 valence electrons. The number of hydrogen-bond donors (Lipinski definition) is 0. The van der Waals surface area contributed by atoms with E-state index in [1.165, 1.54) is 0 Å². The van der Waals surface area contributed by atoms with Crippen molar-refractivity contribution in [3.8, 4) is 11.8 Å². The molecule has 0 aliphatic heterocycles. The Morgan fingerprint density at radius 2 is 2.05 bits per heavy atom. The van der Waals surface area contributed by atoms with E-state index in [2.05, 4.69) is 6.07 Å². The van der Waals surface area contributed by atoms with Crippen LogP contribution in [0.25, 0.3) is 0 Å². The molecule has 0 fully saturated rings. The molecule has 0 heterocycles. The maximum Gasteiger partial charge on any atom is 0.260 e. The third-order valence-corrected chi connectivity index (χ3v) is 2.86. The SMILES string of the molecule is CC(C)CN(CCC#N)C(=O)COc1ccc(Cl)cc1. The Balaban J connectivity index is 2.52. The summed E-state index contributed by atoms with van der Waals surface area (Å²) in [5.74, 6) is 0.851. The maximum atomic E-state index is 12.1. The van der Waals surface area contributed by atoms with E-state index < -0.39 is 0 Å². The van der Waals surface area contributed by atoms with Crippen LogP contribution >= 0.6 is 11.6 Å². The zero-order valence-corrected chi connectivity index (χ0v) is 12.6. The van der Waals surface area contributed by atoms with Crippen molar-refractivity contribution in [1.29, 1.82) is 5.26 Å².